The van der Waals surface area contributed by atoms with Gasteiger partial charge >= 0.3 is 0 Å². The van der Waals surface area contributed by atoms with Crippen molar-refractivity contribution in [3.8, 4) is 0 Å². The normalized spacial score (nSPS) is 22.2. The highest BCUT2D eigenvalue weighted by Crippen LogP contribution is 2.29. The van der Waals surface area contributed by atoms with Gasteiger partial charge in [0.1, 0.15) is 0 Å². The van der Waals surface area contributed by atoms with Crippen molar-refractivity contribution in [3.05, 3.63) is 0 Å². The predicted octanol–water partition coefficient (Wildman–Crippen LogP) is 2.73. The minimum absolute atomic E-state index is 0.0521. The van der Waals surface area contributed by atoms with Gasteiger partial charge in [0.05, 0.1) is 0 Å². The van der Waals surface area contributed by atoms with Gasteiger partial charge in [-0.25, -0.2) is 0 Å². The molecule has 0 saturated heterocycles. The van der Waals surface area contributed by atoms with Crippen LogP contribution >= 0.6 is 0 Å². The van der Waals surface area contributed by atoms with Crippen molar-refractivity contribution in [2.24, 2.45) is 17.8 Å². The fourth-order valence-electron chi connectivity index (χ4n) is 2.70. The molecule has 1 amide bonds. The zero-order valence-corrected chi connectivity index (χ0v) is 12.1. The fourth-order valence-corrected chi connectivity index (χ4v) is 2.70. The molecule has 0 aromatic carbocycles. The molecule has 0 radical (unpaired) electrons. The van der Waals surface area contributed by atoms with Crippen LogP contribution in [0.25, 0.3) is 0 Å². The van der Waals surface area contributed by atoms with E-state index in [-0.39, 0.29) is 30.4 Å². The third-order valence-electron chi connectivity index (χ3n) is 4.37. The molecule has 0 aliphatic heterocycles. The van der Waals surface area contributed by atoms with Gasteiger partial charge in [-0.3, -0.25) is 4.79 Å². The Labute approximate surface area is 111 Å². The first-order valence-corrected chi connectivity index (χ1v) is 7.45. The van der Waals surface area contributed by atoms with Crippen LogP contribution in [0.1, 0.15) is 59.3 Å². The Balaban J connectivity index is 2.31. The van der Waals surface area contributed by atoms with Crippen LogP contribution in [-0.4, -0.2) is 23.7 Å². The van der Waals surface area contributed by atoms with Crippen molar-refractivity contribution in [1.29, 1.82) is 0 Å². The molecule has 3 unspecified atom stereocenters. The van der Waals surface area contributed by atoms with E-state index in [1.807, 2.05) is 20.8 Å². The van der Waals surface area contributed by atoms with Crippen molar-refractivity contribution in [2.75, 3.05) is 6.61 Å². The lowest BCUT2D eigenvalue weighted by Crippen LogP contribution is -2.41. The van der Waals surface area contributed by atoms with Gasteiger partial charge < -0.3 is 10.4 Å². The van der Waals surface area contributed by atoms with Gasteiger partial charge in [0, 0.05) is 18.6 Å². The van der Waals surface area contributed by atoms with Crippen molar-refractivity contribution >= 4 is 5.91 Å². The second-order valence-corrected chi connectivity index (χ2v) is 6.10. The van der Waals surface area contributed by atoms with Crippen molar-refractivity contribution < 1.29 is 9.90 Å². The third kappa shape index (κ3) is 4.97. The first-order valence-electron chi connectivity index (χ1n) is 7.45. The summed E-state index contributed by atoms with van der Waals surface area (Å²) in [6.07, 6.45) is 7.63. The molecule has 1 rings (SSSR count). The molecule has 1 saturated carbocycles. The lowest BCUT2D eigenvalue weighted by Gasteiger charge is -2.26. The summed E-state index contributed by atoms with van der Waals surface area (Å²) in [6, 6.07) is 0.0521. The van der Waals surface area contributed by atoms with Gasteiger partial charge in [-0.2, -0.15) is 0 Å². The summed E-state index contributed by atoms with van der Waals surface area (Å²) >= 11 is 0. The first-order chi connectivity index (χ1) is 8.54. The summed E-state index contributed by atoms with van der Waals surface area (Å²) in [7, 11) is 0. The molecular weight excluding hydrogens is 226 g/mol. The standard InChI is InChI=1S/C15H29NO2/c1-11(9-14-7-5-4-6-8-14)15(18)16-13(3)12(2)10-17/h11-14,17H,4-10H2,1-3H3,(H,16,18). The van der Waals surface area contributed by atoms with Crippen LogP contribution in [0.3, 0.4) is 0 Å². The molecule has 2 N–H and O–H groups in total. The molecular formula is C15H29NO2. The molecule has 3 heteroatoms. The largest absolute Gasteiger partial charge is 0.396 e. The van der Waals surface area contributed by atoms with Crippen molar-refractivity contribution in [1.82, 2.24) is 5.32 Å². The topological polar surface area (TPSA) is 49.3 Å². The van der Waals surface area contributed by atoms with Crippen molar-refractivity contribution in [3.63, 3.8) is 0 Å². The Hall–Kier alpha value is -0.570. The number of rotatable bonds is 6. The maximum Gasteiger partial charge on any atom is 0.223 e. The molecule has 3 nitrogen and oxygen atoms in total. The first kappa shape index (κ1) is 15.5. The minimum atomic E-state index is 0.0521. The van der Waals surface area contributed by atoms with E-state index in [1.54, 1.807) is 0 Å². The monoisotopic (exact) mass is 255 g/mol. The van der Waals surface area contributed by atoms with Crippen LogP contribution in [0.2, 0.25) is 0 Å². The van der Waals surface area contributed by atoms with E-state index in [2.05, 4.69) is 5.32 Å². The predicted molar refractivity (Wildman–Crippen MR) is 74.2 cm³/mol. The molecule has 106 valence electrons. The number of nitrogens with one attached hydrogen (secondary N) is 1. The average molecular weight is 255 g/mol. The second kappa shape index (κ2) is 7.78. The SMILES string of the molecule is CC(CC1CCCCC1)C(=O)NC(C)C(C)CO. The molecule has 1 aliphatic carbocycles. The lowest BCUT2D eigenvalue weighted by molar-refractivity contribution is -0.126. The van der Waals surface area contributed by atoms with E-state index in [4.69, 9.17) is 5.11 Å². The summed E-state index contributed by atoms with van der Waals surface area (Å²) in [5, 5.41) is 12.1. The molecule has 0 heterocycles. The van der Waals surface area contributed by atoms with E-state index in [1.165, 1.54) is 32.1 Å². The highest BCUT2D eigenvalue weighted by Gasteiger charge is 2.22. The zero-order valence-electron chi connectivity index (χ0n) is 12.1. The van der Waals surface area contributed by atoms with Crippen LogP contribution in [0.15, 0.2) is 0 Å². The number of carbonyl (C=O) groups is 1. The van der Waals surface area contributed by atoms with Crippen LogP contribution in [0.5, 0.6) is 0 Å². The van der Waals surface area contributed by atoms with E-state index in [9.17, 15) is 4.79 Å². The van der Waals surface area contributed by atoms with Crippen molar-refractivity contribution in [2.45, 2.75) is 65.3 Å². The Morgan fingerprint density at radius 1 is 1.22 bits per heavy atom. The van der Waals surface area contributed by atoms with E-state index in [0.29, 0.717) is 0 Å². The van der Waals surface area contributed by atoms with E-state index < -0.39 is 0 Å². The molecule has 1 aliphatic rings. The minimum Gasteiger partial charge on any atom is -0.396 e. The highest BCUT2D eigenvalue weighted by atomic mass is 16.3. The number of hydrogen-bond acceptors (Lipinski definition) is 2. The third-order valence-corrected chi connectivity index (χ3v) is 4.37. The van der Waals surface area contributed by atoms with Gasteiger partial charge in [-0.1, -0.05) is 46.0 Å². The number of amides is 1. The Morgan fingerprint density at radius 2 is 1.83 bits per heavy atom. The maximum atomic E-state index is 12.1. The zero-order chi connectivity index (χ0) is 13.5. The van der Waals surface area contributed by atoms with Crippen LogP contribution in [0, 0.1) is 17.8 Å². The number of carbonyl (C=O) groups excluding carboxylic acids is 1. The van der Waals surface area contributed by atoms with Crippen LogP contribution in [0.4, 0.5) is 0 Å². The van der Waals surface area contributed by atoms with E-state index >= 15 is 0 Å². The molecule has 18 heavy (non-hydrogen) atoms. The summed E-state index contributed by atoms with van der Waals surface area (Å²) in [5.74, 6) is 1.11. The lowest BCUT2D eigenvalue weighted by atomic mass is 9.83. The highest BCUT2D eigenvalue weighted by molar-refractivity contribution is 5.78. The molecule has 0 aromatic rings. The molecule has 1 fully saturated rings. The molecule has 3 atom stereocenters. The quantitative estimate of drug-likeness (QED) is 0.766. The summed E-state index contributed by atoms with van der Waals surface area (Å²) in [4.78, 5) is 12.1. The van der Waals surface area contributed by atoms with E-state index in [0.717, 1.165) is 12.3 Å². The average Bonchev–Trinajstić information content (AvgIpc) is 2.38. The molecule has 0 bridgehead atoms. The van der Waals surface area contributed by atoms with Gasteiger partial charge in [-0.05, 0) is 25.2 Å². The summed E-state index contributed by atoms with van der Waals surface area (Å²) < 4.78 is 0. The fraction of sp³-hybridized carbons (Fsp3) is 0.933. The number of aliphatic hydroxyl groups is 1. The van der Waals surface area contributed by atoms with Gasteiger partial charge in [0.2, 0.25) is 5.91 Å². The number of aliphatic hydroxyl groups excluding tert-OH is 1. The van der Waals surface area contributed by atoms with Gasteiger partial charge in [0.25, 0.3) is 0 Å². The van der Waals surface area contributed by atoms with Crippen LogP contribution in [-0.2, 0) is 4.79 Å². The van der Waals surface area contributed by atoms with Gasteiger partial charge in [0.15, 0.2) is 0 Å². The smallest absolute Gasteiger partial charge is 0.223 e. The van der Waals surface area contributed by atoms with Gasteiger partial charge in [-0.15, -0.1) is 0 Å². The Morgan fingerprint density at radius 3 is 2.39 bits per heavy atom. The summed E-state index contributed by atoms with van der Waals surface area (Å²) in [6.45, 7) is 6.07. The Kier molecular flexibility index (Phi) is 6.69. The maximum absolute atomic E-state index is 12.1. The van der Waals surface area contributed by atoms with Crippen LogP contribution < -0.4 is 5.32 Å². The molecule has 0 spiro atoms. The molecule has 0 aromatic heterocycles. The Bertz CT molecular complexity index is 249. The second-order valence-electron chi connectivity index (χ2n) is 6.10. The number of hydrogen-bond donors (Lipinski definition) is 2. The summed E-state index contributed by atoms with van der Waals surface area (Å²) in [5.41, 5.74) is 0.